The van der Waals surface area contributed by atoms with E-state index in [0.717, 1.165) is 5.57 Å². The van der Waals surface area contributed by atoms with Gasteiger partial charge >= 0.3 is 12.1 Å². The Hall–Kier alpha value is -2.31. The molecule has 21 heavy (non-hydrogen) atoms. The van der Waals surface area contributed by atoms with Crippen LogP contribution >= 0.6 is 0 Å². The Morgan fingerprint density at radius 1 is 1.24 bits per heavy atom. The predicted octanol–water partition coefficient (Wildman–Crippen LogP) is 2.77. The Balaban J connectivity index is 2.67. The third kappa shape index (κ3) is 6.11. The first-order chi connectivity index (χ1) is 9.68. The fraction of sp³-hybridized carbons (Fsp3) is 0.286. The van der Waals surface area contributed by atoms with E-state index in [-0.39, 0.29) is 12.5 Å². The highest BCUT2D eigenvalue weighted by atomic mass is 19.4. The van der Waals surface area contributed by atoms with Crippen molar-refractivity contribution in [3.8, 4) is 0 Å². The molecule has 1 aromatic rings. The summed E-state index contributed by atoms with van der Waals surface area (Å²) in [6, 6.07) is 6.22. The van der Waals surface area contributed by atoms with E-state index in [9.17, 15) is 22.8 Å². The molecule has 0 heterocycles. The van der Waals surface area contributed by atoms with Gasteiger partial charge in [-0.1, -0.05) is 17.7 Å². The fourth-order valence-electron chi connectivity index (χ4n) is 1.48. The van der Waals surface area contributed by atoms with E-state index in [1.165, 1.54) is 12.1 Å². The monoisotopic (exact) mass is 300 g/mol. The van der Waals surface area contributed by atoms with Crippen molar-refractivity contribution in [3.05, 3.63) is 41.5 Å². The summed E-state index contributed by atoms with van der Waals surface area (Å²) in [5.74, 6) is -2.33. The molecule has 0 saturated heterocycles. The van der Waals surface area contributed by atoms with Gasteiger partial charge < -0.3 is 10.6 Å². The third-order valence-electron chi connectivity index (χ3n) is 2.32. The van der Waals surface area contributed by atoms with Crippen LogP contribution in [-0.2, 0) is 16.1 Å². The van der Waals surface area contributed by atoms with Crippen LogP contribution in [0.15, 0.2) is 35.9 Å². The van der Waals surface area contributed by atoms with E-state index in [4.69, 9.17) is 0 Å². The van der Waals surface area contributed by atoms with Crippen LogP contribution in [0.4, 0.5) is 18.9 Å². The molecule has 0 aliphatic rings. The summed E-state index contributed by atoms with van der Waals surface area (Å²) < 4.78 is 36.1. The molecule has 0 aliphatic heterocycles. The van der Waals surface area contributed by atoms with Crippen molar-refractivity contribution >= 4 is 17.5 Å². The smallest absolute Gasteiger partial charge is 0.344 e. The van der Waals surface area contributed by atoms with Gasteiger partial charge in [-0.05, 0) is 31.5 Å². The van der Waals surface area contributed by atoms with Crippen molar-refractivity contribution in [2.24, 2.45) is 0 Å². The fourth-order valence-corrected chi connectivity index (χ4v) is 1.48. The largest absolute Gasteiger partial charge is 0.471 e. The average molecular weight is 300 g/mol. The Morgan fingerprint density at radius 2 is 1.90 bits per heavy atom. The number of hydrogen-bond acceptors (Lipinski definition) is 2. The molecule has 0 aliphatic carbocycles. The van der Waals surface area contributed by atoms with Crippen LogP contribution in [0, 0.1) is 0 Å². The highest BCUT2D eigenvalue weighted by Gasteiger charge is 2.38. The lowest BCUT2D eigenvalue weighted by molar-refractivity contribution is -0.173. The van der Waals surface area contributed by atoms with Crippen LogP contribution in [0.3, 0.4) is 0 Å². The number of rotatable bonds is 4. The lowest BCUT2D eigenvalue weighted by atomic mass is 10.2. The molecule has 2 amide bonds. The number of halogens is 3. The minimum Gasteiger partial charge on any atom is -0.344 e. The molecule has 0 unspecified atom stereocenters. The molecule has 0 radical (unpaired) electrons. The van der Waals surface area contributed by atoms with Crippen molar-refractivity contribution < 1.29 is 22.8 Å². The van der Waals surface area contributed by atoms with E-state index in [0.29, 0.717) is 11.3 Å². The summed E-state index contributed by atoms with van der Waals surface area (Å²) >= 11 is 0. The van der Waals surface area contributed by atoms with Gasteiger partial charge in [0.1, 0.15) is 0 Å². The number of hydrogen-bond donors (Lipinski definition) is 2. The molecule has 0 aromatic heterocycles. The zero-order chi connectivity index (χ0) is 16.0. The van der Waals surface area contributed by atoms with Gasteiger partial charge in [0, 0.05) is 18.3 Å². The maximum absolute atomic E-state index is 12.0. The molecule has 114 valence electrons. The second kappa shape index (κ2) is 6.92. The standard InChI is InChI=1S/C14H15F3N2O2/c1-9(2)6-12(20)19-11-5-3-4-10(7-11)8-18-13(21)14(15,16)17/h3-7H,8H2,1-2H3,(H,18,21)(H,19,20). The second-order valence-corrected chi connectivity index (χ2v) is 4.59. The van der Waals surface area contributed by atoms with Crippen molar-refractivity contribution in [1.29, 1.82) is 0 Å². The van der Waals surface area contributed by atoms with Crippen LogP contribution in [0.25, 0.3) is 0 Å². The van der Waals surface area contributed by atoms with Crippen LogP contribution in [0.1, 0.15) is 19.4 Å². The SMILES string of the molecule is CC(C)=CC(=O)Nc1cccc(CNC(=O)C(F)(F)F)c1. The highest BCUT2D eigenvalue weighted by Crippen LogP contribution is 2.15. The van der Waals surface area contributed by atoms with E-state index in [1.54, 1.807) is 37.4 Å². The van der Waals surface area contributed by atoms with Gasteiger partial charge in [-0.2, -0.15) is 13.2 Å². The minimum absolute atomic E-state index is 0.273. The third-order valence-corrected chi connectivity index (χ3v) is 2.32. The summed E-state index contributed by atoms with van der Waals surface area (Å²) in [4.78, 5) is 22.2. The molecule has 0 saturated carbocycles. The Bertz CT molecular complexity index is 562. The number of alkyl halides is 3. The van der Waals surface area contributed by atoms with Gasteiger partial charge in [-0.3, -0.25) is 9.59 Å². The number of amides is 2. The van der Waals surface area contributed by atoms with E-state index >= 15 is 0 Å². The van der Waals surface area contributed by atoms with Crippen LogP contribution in [0.2, 0.25) is 0 Å². The normalized spacial score (nSPS) is 10.7. The topological polar surface area (TPSA) is 58.2 Å². The number of allylic oxidation sites excluding steroid dienone is 1. The van der Waals surface area contributed by atoms with Crippen LogP contribution in [0.5, 0.6) is 0 Å². The summed E-state index contributed by atoms with van der Waals surface area (Å²) in [6.07, 6.45) is -3.51. The number of nitrogens with one attached hydrogen (secondary N) is 2. The van der Waals surface area contributed by atoms with Crippen LogP contribution in [-0.4, -0.2) is 18.0 Å². The molecular formula is C14H15F3N2O2. The minimum atomic E-state index is -4.91. The second-order valence-electron chi connectivity index (χ2n) is 4.59. The Kier molecular flexibility index (Phi) is 5.52. The number of carbonyl (C=O) groups is 2. The summed E-state index contributed by atoms with van der Waals surface area (Å²) in [5, 5.41) is 4.34. The molecule has 0 spiro atoms. The molecular weight excluding hydrogens is 285 g/mol. The Labute approximate surface area is 120 Å². The number of carbonyl (C=O) groups excluding carboxylic acids is 2. The van der Waals surface area contributed by atoms with Crippen molar-refractivity contribution in [2.45, 2.75) is 26.6 Å². The van der Waals surface area contributed by atoms with Crippen molar-refractivity contribution in [3.63, 3.8) is 0 Å². The summed E-state index contributed by atoms with van der Waals surface area (Å²) in [6.45, 7) is 3.26. The number of anilines is 1. The maximum Gasteiger partial charge on any atom is 0.471 e. The zero-order valence-electron chi connectivity index (χ0n) is 11.5. The lowest BCUT2D eigenvalue weighted by Crippen LogP contribution is -2.36. The molecule has 0 bridgehead atoms. The van der Waals surface area contributed by atoms with Crippen molar-refractivity contribution in [2.75, 3.05) is 5.32 Å². The zero-order valence-corrected chi connectivity index (χ0v) is 11.5. The van der Waals surface area contributed by atoms with Gasteiger partial charge in [0.05, 0.1) is 0 Å². The molecule has 4 nitrogen and oxygen atoms in total. The quantitative estimate of drug-likeness (QED) is 0.840. The maximum atomic E-state index is 12.0. The predicted molar refractivity (Wildman–Crippen MR) is 72.4 cm³/mol. The van der Waals surface area contributed by atoms with Gasteiger partial charge in [-0.15, -0.1) is 0 Å². The van der Waals surface area contributed by atoms with E-state index < -0.39 is 12.1 Å². The van der Waals surface area contributed by atoms with E-state index in [1.807, 2.05) is 0 Å². The molecule has 0 atom stereocenters. The molecule has 7 heteroatoms. The van der Waals surface area contributed by atoms with Gasteiger partial charge in [0.2, 0.25) is 5.91 Å². The molecule has 1 aromatic carbocycles. The Morgan fingerprint density at radius 3 is 2.48 bits per heavy atom. The first-order valence-electron chi connectivity index (χ1n) is 6.08. The summed E-state index contributed by atoms with van der Waals surface area (Å²) in [7, 11) is 0. The highest BCUT2D eigenvalue weighted by molar-refractivity contribution is 5.99. The van der Waals surface area contributed by atoms with Gasteiger partial charge in [0.25, 0.3) is 0 Å². The summed E-state index contributed by atoms with van der Waals surface area (Å²) in [5.41, 5.74) is 1.71. The lowest BCUT2D eigenvalue weighted by Gasteiger charge is -2.09. The van der Waals surface area contributed by atoms with Crippen LogP contribution < -0.4 is 10.6 Å². The first kappa shape index (κ1) is 16.7. The molecule has 1 rings (SSSR count). The average Bonchev–Trinajstić information content (AvgIpc) is 2.34. The first-order valence-corrected chi connectivity index (χ1v) is 6.08. The molecule has 0 fully saturated rings. The van der Waals surface area contributed by atoms with Crippen molar-refractivity contribution in [1.82, 2.24) is 5.32 Å². The number of benzene rings is 1. The molecule has 2 N–H and O–H groups in total. The van der Waals surface area contributed by atoms with Gasteiger partial charge in [0.15, 0.2) is 0 Å². The van der Waals surface area contributed by atoms with Gasteiger partial charge in [-0.25, -0.2) is 0 Å². The van der Waals surface area contributed by atoms with E-state index in [2.05, 4.69) is 5.32 Å².